The maximum atomic E-state index is 13.5. The van der Waals surface area contributed by atoms with Gasteiger partial charge in [-0.3, -0.25) is 14.2 Å². The Hall–Kier alpha value is -4.65. The van der Waals surface area contributed by atoms with E-state index in [1.165, 1.54) is 24.4 Å². The summed E-state index contributed by atoms with van der Waals surface area (Å²) >= 11 is 0. The molecule has 0 spiro atoms. The van der Waals surface area contributed by atoms with Gasteiger partial charge in [-0.1, -0.05) is 19.4 Å². The Balaban J connectivity index is 1.95. The van der Waals surface area contributed by atoms with Crippen LogP contribution in [0.5, 0.6) is 0 Å². The summed E-state index contributed by atoms with van der Waals surface area (Å²) < 4.78 is 43.1. The van der Waals surface area contributed by atoms with Crippen LogP contribution in [0.3, 0.4) is 0 Å². The molecule has 0 saturated heterocycles. The molecule has 2 aromatic carbocycles. The molecule has 0 atom stereocenters. The van der Waals surface area contributed by atoms with Crippen LogP contribution in [-0.2, 0) is 6.18 Å². The van der Waals surface area contributed by atoms with Gasteiger partial charge >= 0.3 is 6.18 Å². The smallest absolute Gasteiger partial charge is 0.352 e. The number of alkyl halides is 3. The molecule has 0 saturated carbocycles. The van der Waals surface area contributed by atoms with E-state index in [2.05, 4.69) is 16.5 Å². The van der Waals surface area contributed by atoms with Gasteiger partial charge < -0.3 is 5.32 Å². The Bertz CT molecular complexity index is 1580. The molecule has 0 radical (unpaired) electrons. The van der Waals surface area contributed by atoms with Gasteiger partial charge in [-0.05, 0) is 67.9 Å². The van der Waals surface area contributed by atoms with Gasteiger partial charge in [-0.2, -0.15) is 23.5 Å². The number of benzene rings is 2. The third-order valence-corrected chi connectivity index (χ3v) is 6.10. The molecule has 0 aliphatic carbocycles. The predicted molar refractivity (Wildman–Crippen MR) is 136 cm³/mol. The zero-order chi connectivity index (χ0) is 27.4. The van der Waals surface area contributed by atoms with E-state index in [1.807, 2.05) is 6.92 Å². The highest BCUT2D eigenvalue weighted by Gasteiger charge is 2.31. The molecule has 38 heavy (non-hydrogen) atoms. The van der Waals surface area contributed by atoms with Crippen LogP contribution in [0.2, 0.25) is 0 Å². The molecule has 0 unspecified atom stereocenters. The predicted octanol–water partition coefficient (Wildman–Crippen LogP) is 5.42. The van der Waals surface area contributed by atoms with Gasteiger partial charge in [0, 0.05) is 23.5 Å². The summed E-state index contributed by atoms with van der Waals surface area (Å²) in [5, 5.41) is 16.2. The summed E-state index contributed by atoms with van der Waals surface area (Å²) in [6.45, 7) is 3.91. The van der Waals surface area contributed by atoms with Crippen molar-refractivity contribution in [3.63, 3.8) is 0 Å². The minimum Gasteiger partial charge on any atom is -0.352 e. The zero-order valence-corrected chi connectivity index (χ0v) is 20.7. The van der Waals surface area contributed by atoms with E-state index in [4.69, 9.17) is 5.26 Å². The molecule has 0 fully saturated rings. The largest absolute Gasteiger partial charge is 0.416 e. The minimum absolute atomic E-state index is 0.0174. The monoisotopic (exact) mass is 519 g/mol. The number of hydrogen-bond acceptors (Lipinski definition) is 4. The van der Waals surface area contributed by atoms with Gasteiger partial charge in [0.1, 0.15) is 5.56 Å². The molecule has 1 amide bonds. The fourth-order valence-electron chi connectivity index (χ4n) is 4.12. The molecule has 2 aromatic heterocycles. The second kappa shape index (κ2) is 10.8. The third-order valence-electron chi connectivity index (χ3n) is 6.10. The number of pyridine rings is 1. The van der Waals surface area contributed by atoms with Gasteiger partial charge in [-0.25, -0.2) is 4.68 Å². The van der Waals surface area contributed by atoms with Crippen LogP contribution in [0.4, 0.5) is 13.2 Å². The summed E-state index contributed by atoms with van der Waals surface area (Å²) in [5.41, 5.74) is 0.488. The van der Waals surface area contributed by atoms with Crippen LogP contribution in [0, 0.1) is 18.3 Å². The highest BCUT2D eigenvalue weighted by molar-refractivity contribution is 5.95. The lowest BCUT2D eigenvalue weighted by Crippen LogP contribution is -2.34. The van der Waals surface area contributed by atoms with E-state index in [-0.39, 0.29) is 11.3 Å². The molecule has 7 nitrogen and oxygen atoms in total. The number of hydrogen-bond donors (Lipinski definition) is 1. The van der Waals surface area contributed by atoms with E-state index < -0.39 is 23.2 Å². The van der Waals surface area contributed by atoms with E-state index in [0.717, 1.165) is 23.1 Å². The quantitative estimate of drug-likeness (QED) is 0.330. The summed E-state index contributed by atoms with van der Waals surface area (Å²) in [6.07, 6.45) is -1.54. The molecule has 2 heterocycles. The molecule has 194 valence electrons. The lowest BCUT2D eigenvalue weighted by molar-refractivity contribution is -0.137. The maximum absolute atomic E-state index is 13.5. The maximum Gasteiger partial charge on any atom is 0.416 e. The number of amides is 1. The summed E-state index contributed by atoms with van der Waals surface area (Å²) in [5.74, 6) is -0.616. The van der Waals surface area contributed by atoms with Crippen molar-refractivity contribution < 1.29 is 18.0 Å². The first-order chi connectivity index (χ1) is 18.2. The van der Waals surface area contributed by atoms with Gasteiger partial charge in [0.05, 0.1) is 34.8 Å². The summed E-state index contributed by atoms with van der Waals surface area (Å²) in [4.78, 5) is 26.6. The molecule has 10 heteroatoms. The van der Waals surface area contributed by atoms with E-state index >= 15 is 0 Å². The number of carbonyl (C=O) groups is 1. The third kappa shape index (κ3) is 5.22. The number of rotatable bonds is 7. The van der Waals surface area contributed by atoms with Crippen LogP contribution in [0.1, 0.15) is 46.9 Å². The summed E-state index contributed by atoms with van der Waals surface area (Å²) in [7, 11) is 0. The number of nitrogens with one attached hydrogen (secondary N) is 1. The Kier molecular flexibility index (Phi) is 7.48. The second-order valence-electron chi connectivity index (χ2n) is 8.64. The van der Waals surface area contributed by atoms with Crippen LogP contribution in [0.15, 0.2) is 71.7 Å². The Morgan fingerprint density at radius 2 is 1.82 bits per heavy atom. The zero-order valence-electron chi connectivity index (χ0n) is 20.7. The van der Waals surface area contributed by atoms with Crippen molar-refractivity contribution in [2.75, 3.05) is 6.54 Å². The molecule has 0 bridgehead atoms. The first kappa shape index (κ1) is 26.4. The molecule has 0 aliphatic rings. The average Bonchev–Trinajstić information content (AvgIpc) is 3.38. The first-order valence-electron chi connectivity index (χ1n) is 11.9. The van der Waals surface area contributed by atoms with Gasteiger partial charge in [0.15, 0.2) is 0 Å². The second-order valence-corrected chi connectivity index (χ2v) is 8.64. The normalized spacial score (nSPS) is 11.3. The molecule has 4 aromatic rings. The van der Waals surface area contributed by atoms with Crippen molar-refractivity contribution in [3.8, 4) is 28.7 Å². The number of nitrogens with zero attached hydrogens (tertiary/aromatic N) is 4. The Labute approximate surface area is 216 Å². The van der Waals surface area contributed by atoms with Crippen LogP contribution >= 0.6 is 0 Å². The molecule has 1 N–H and O–H groups in total. The van der Waals surface area contributed by atoms with Crippen LogP contribution < -0.4 is 10.9 Å². The molecular formula is C28H24F3N5O2. The van der Waals surface area contributed by atoms with E-state index in [1.54, 1.807) is 41.9 Å². The summed E-state index contributed by atoms with van der Waals surface area (Å²) in [6, 6.07) is 16.3. The van der Waals surface area contributed by atoms with Crippen molar-refractivity contribution in [3.05, 3.63) is 99.6 Å². The fourth-order valence-corrected chi connectivity index (χ4v) is 4.12. The lowest BCUT2D eigenvalue weighted by atomic mass is 10.0. The molecule has 0 aliphatic heterocycles. The standard InChI is InChI=1S/C28H24F3N5O2/c1-3-4-13-33-26(37)24-16-23(25-12-14-34-36(25)21-10-8-19(17-32)9-11-21)18(2)35(27(24)38)22-7-5-6-20(15-22)28(29,30)31/h5-12,14-16H,3-4,13H2,1-2H3,(H,33,37). The van der Waals surface area contributed by atoms with Gasteiger partial charge in [0.2, 0.25) is 0 Å². The molecule has 4 rings (SSSR count). The van der Waals surface area contributed by atoms with Crippen molar-refractivity contribution in [2.45, 2.75) is 32.9 Å². The van der Waals surface area contributed by atoms with Gasteiger partial charge in [0.25, 0.3) is 11.5 Å². The van der Waals surface area contributed by atoms with Crippen LogP contribution in [-0.4, -0.2) is 26.8 Å². The fraction of sp³-hybridized carbons (Fsp3) is 0.214. The van der Waals surface area contributed by atoms with Crippen molar-refractivity contribution >= 4 is 5.91 Å². The number of nitriles is 1. The van der Waals surface area contributed by atoms with Gasteiger partial charge in [-0.15, -0.1) is 0 Å². The lowest BCUT2D eigenvalue weighted by Gasteiger charge is -2.18. The number of unbranched alkanes of at least 4 members (excludes halogenated alkanes) is 1. The molecular weight excluding hydrogens is 495 g/mol. The van der Waals surface area contributed by atoms with Crippen molar-refractivity contribution in [1.82, 2.24) is 19.7 Å². The van der Waals surface area contributed by atoms with Crippen LogP contribution in [0.25, 0.3) is 22.6 Å². The average molecular weight is 520 g/mol. The van der Waals surface area contributed by atoms with Crippen molar-refractivity contribution in [1.29, 1.82) is 5.26 Å². The first-order valence-corrected chi connectivity index (χ1v) is 11.9. The minimum atomic E-state index is -4.61. The Morgan fingerprint density at radius 3 is 2.47 bits per heavy atom. The highest BCUT2D eigenvalue weighted by atomic mass is 19.4. The topological polar surface area (TPSA) is 92.7 Å². The Morgan fingerprint density at radius 1 is 1.08 bits per heavy atom. The van der Waals surface area contributed by atoms with E-state index in [0.29, 0.717) is 41.2 Å². The van der Waals surface area contributed by atoms with Crippen molar-refractivity contribution in [2.24, 2.45) is 0 Å². The number of carbonyl (C=O) groups excluding carboxylic acids is 1. The highest BCUT2D eigenvalue weighted by Crippen LogP contribution is 2.32. The number of halogens is 3. The number of aromatic nitrogens is 3. The van der Waals surface area contributed by atoms with E-state index in [9.17, 15) is 22.8 Å². The SMILES string of the molecule is CCCCNC(=O)c1cc(-c2ccnn2-c2ccc(C#N)cc2)c(C)n(-c2cccc(C(F)(F)F)c2)c1=O.